The topological polar surface area (TPSA) is 136 Å². The molecule has 2 aromatic carbocycles. The quantitative estimate of drug-likeness (QED) is 0.217. The van der Waals surface area contributed by atoms with Gasteiger partial charge in [0.05, 0.1) is 29.3 Å². The second kappa shape index (κ2) is 14.5. The molecule has 0 amide bonds. The van der Waals surface area contributed by atoms with E-state index < -0.39 is 24.6 Å². The maximum atomic E-state index is 13.7. The molecule has 0 aliphatic rings. The molecule has 0 spiro atoms. The number of hydrogen-bond donors (Lipinski definition) is 3. The summed E-state index contributed by atoms with van der Waals surface area (Å²) in [4.78, 5) is 24.8. The number of carbonyl (C=O) groups excluding carboxylic acids is 1. The van der Waals surface area contributed by atoms with Gasteiger partial charge in [0.1, 0.15) is 11.6 Å². The van der Waals surface area contributed by atoms with Crippen molar-refractivity contribution in [1.82, 2.24) is 19.5 Å². The Morgan fingerprint density at radius 3 is 2.38 bits per heavy atom. The minimum absolute atomic E-state index is 0. The van der Waals surface area contributed by atoms with Crippen molar-refractivity contribution in [3.8, 4) is 22.6 Å². The molecule has 204 valence electrons. The number of aliphatic carboxylic acids is 1. The van der Waals surface area contributed by atoms with Gasteiger partial charge >= 0.3 is 29.6 Å². The molecule has 0 fully saturated rings. The third-order valence-electron chi connectivity index (χ3n) is 6.19. The minimum atomic E-state index is -1.37. The molecule has 11 heteroatoms. The van der Waals surface area contributed by atoms with Crippen LogP contribution in [0.3, 0.4) is 0 Å². The Morgan fingerprint density at radius 1 is 1.02 bits per heavy atom. The van der Waals surface area contributed by atoms with E-state index in [9.17, 15) is 24.5 Å². The number of rotatable bonds is 12. The number of imidazole rings is 1. The molecule has 3 N–H and O–H groups in total. The Morgan fingerprint density at radius 2 is 1.73 bits per heavy atom. The van der Waals surface area contributed by atoms with Crippen LogP contribution in [0.1, 0.15) is 44.9 Å². The summed E-state index contributed by atoms with van der Waals surface area (Å²) in [6, 6.07) is 17.3. The molecular weight excluding hydrogens is 524 g/mol. The molecule has 0 aliphatic heterocycles. The van der Waals surface area contributed by atoms with E-state index in [0.717, 1.165) is 11.5 Å². The number of carbonyl (C=O) groups is 1. The Bertz CT molecular complexity index is 1400. The van der Waals surface area contributed by atoms with Crippen LogP contribution in [0.4, 0.5) is 16.0 Å². The van der Waals surface area contributed by atoms with E-state index in [4.69, 9.17) is 9.97 Å². The molecule has 2 atom stereocenters. The fourth-order valence-corrected chi connectivity index (χ4v) is 4.39. The van der Waals surface area contributed by atoms with Gasteiger partial charge in [-0.1, -0.05) is 32.0 Å². The van der Waals surface area contributed by atoms with Crippen LogP contribution < -0.4 is 40.0 Å². The molecule has 4 aromatic rings. The summed E-state index contributed by atoms with van der Waals surface area (Å²) in [5.41, 5.74) is 3.38. The zero-order valence-electron chi connectivity index (χ0n) is 22.8. The van der Waals surface area contributed by atoms with Gasteiger partial charge in [-0.15, -0.1) is 0 Å². The van der Waals surface area contributed by atoms with Crippen LogP contribution >= 0.6 is 0 Å². The predicted octanol–water partition coefficient (Wildman–Crippen LogP) is 0.659. The first-order chi connectivity index (χ1) is 18.7. The number of para-hydroxylation sites is 1. The van der Waals surface area contributed by atoms with Gasteiger partial charge in [-0.2, -0.15) is 0 Å². The number of carboxylic acid groups (broad SMARTS) is 1. The number of aromatic nitrogens is 4. The van der Waals surface area contributed by atoms with Crippen LogP contribution in [-0.4, -0.2) is 47.9 Å². The summed E-state index contributed by atoms with van der Waals surface area (Å²) >= 11 is 0. The molecule has 4 rings (SSSR count). The van der Waals surface area contributed by atoms with Crippen LogP contribution in [0.15, 0.2) is 66.9 Å². The Labute approximate surface area is 254 Å². The average molecular weight is 556 g/mol. The molecule has 9 nitrogen and oxygen atoms in total. The van der Waals surface area contributed by atoms with Gasteiger partial charge in [0.25, 0.3) is 0 Å². The molecule has 0 radical (unpaired) electrons. The van der Waals surface area contributed by atoms with E-state index in [1.165, 1.54) is 12.1 Å². The van der Waals surface area contributed by atoms with E-state index in [2.05, 4.69) is 10.3 Å². The summed E-state index contributed by atoms with van der Waals surface area (Å²) in [7, 11) is 0. The number of benzene rings is 2. The largest absolute Gasteiger partial charge is 1.00 e. The van der Waals surface area contributed by atoms with E-state index in [1.54, 1.807) is 24.4 Å². The molecule has 2 aromatic heterocycles. The number of carboxylic acids is 1. The molecule has 0 aliphatic carbocycles. The van der Waals surface area contributed by atoms with Crippen molar-refractivity contribution >= 4 is 17.6 Å². The molecule has 2 unspecified atom stereocenters. The summed E-state index contributed by atoms with van der Waals surface area (Å²) in [5.74, 6) is -0.613. The summed E-state index contributed by atoms with van der Waals surface area (Å²) in [6.07, 6.45) is -0.934. The Kier molecular flexibility index (Phi) is 11.4. The summed E-state index contributed by atoms with van der Waals surface area (Å²) in [5, 5.41) is 34.5. The van der Waals surface area contributed by atoms with Gasteiger partial charge in [0.15, 0.2) is 0 Å². The van der Waals surface area contributed by atoms with Crippen LogP contribution in [0, 0.1) is 5.82 Å². The number of anilines is 2. The molecule has 2 heterocycles. The Balaban J connectivity index is 0.00000441. The van der Waals surface area contributed by atoms with Gasteiger partial charge in [-0.05, 0) is 55.3 Å². The van der Waals surface area contributed by atoms with Crippen molar-refractivity contribution in [2.45, 2.75) is 57.8 Å². The summed E-state index contributed by atoms with van der Waals surface area (Å²) < 4.78 is 15.7. The monoisotopic (exact) mass is 555 g/mol. The van der Waals surface area contributed by atoms with Crippen molar-refractivity contribution in [2.75, 3.05) is 5.32 Å². The van der Waals surface area contributed by atoms with Crippen molar-refractivity contribution in [2.24, 2.45) is 0 Å². The van der Waals surface area contributed by atoms with Crippen LogP contribution in [0.2, 0.25) is 0 Å². The van der Waals surface area contributed by atoms with Crippen molar-refractivity contribution in [3.05, 3.63) is 78.5 Å². The van der Waals surface area contributed by atoms with E-state index in [-0.39, 0.29) is 54.1 Å². The van der Waals surface area contributed by atoms with Gasteiger partial charge in [0, 0.05) is 42.3 Å². The third kappa shape index (κ3) is 8.18. The number of aliphatic hydroxyl groups is 2. The zero-order chi connectivity index (χ0) is 27.9. The van der Waals surface area contributed by atoms with E-state index in [1.807, 2.05) is 48.7 Å². The van der Waals surface area contributed by atoms with Crippen LogP contribution in [0.25, 0.3) is 22.6 Å². The maximum absolute atomic E-state index is 13.7. The normalized spacial score (nSPS) is 12.6. The second-order valence-electron chi connectivity index (χ2n) is 9.65. The predicted molar refractivity (Wildman–Crippen MR) is 143 cm³/mol. The third-order valence-corrected chi connectivity index (χ3v) is 6.19. The number of nitrogens with one attached hydrogen (secondary N) is 1. The fourth-order valence-electron chi connectivity index (χ4n) is 4.39. The number of halogens is 1. The molecule has 0 saturated heterocycles. The number of hydrogen-bond acceptors (Lipinski definition) is 8. The number of aliphatic hydroxyl groups excluding tert-OH is 2. The van der Waals surface area contributed by atoms with Gasteiger partial charge in [-0.25, -0.2) is 19.3 Å². The van der Waals surface area contributed by atoms with Crippen LogP contribution in [-0.2, 0) is 11.3 Å². The van der Waals surface area contributed by atoms with Crippen molar-refractivity contribution < 1.29 is 54.1 Å². The SMILES string of the molecule is CC(C)c1nc(-c2ccc(F)cc2)c(-c2ccnc(Nc3ccccc3)n2)n1CCC(O)CC(O)CC(=O)[O-].[Na+]. The molecule has 40 heavy (non-hydrogen) atoms. The van der Waals surface area contributed by atoms with E-state index in [0.29, 0.717) is 35.1 Å². The zero-order valence-corrected chi connectivity index (χ0v) is 24.8. The first-order valence-corrected chi connectivity index (χ1v) is 12.8. The molecule has 0 saturated carbocycles. The smallest absolute Gasteiger partial charge is 0.550 e. The second-order valence-corrected chi connectivity index (χ2v) is 9.65. The summed E-state index contributed by atoms with van der Waals surface area (Å²) in [6.45, 7) is 4.32. The Hall–Kier alpha value is -3.15. The fraction of sp³-hybridized carbons (Fsp3) is 0.310. The standard InChI is InChI=1S/C29H32FN5O4.Na/c1-18(2)28-34-26(19-8-10-20(30)11-9-19)27(35(28)15-13-22(36)16-23(37)17-25(38)39)24-12-14-31-29(33-24)32-21-6-4-3-5-7-21;/h3-12,14,18,22-23,36-37H,13,15-17H2,1-2H3,(H,38,39)(H,31,32,33);/q;+1/p-1. The van der Waals surface area contributed by atoms with Gasteiger partial charge in [0.2, 0.25) is 5.95 Å². The first-order valence-electron chi connectivity index (χ1n) is 12.8. The van der Waals surface area contributed by atoms with Crippen LogP contribution in [0.5, 0.6) is 0 Å². The maximum Gasteiger partial charge on any atom is 1.00 e. The molecular formula is C29H31FN5NaO4. The van der Waals surface area contributed by atoms with Gasteiger partial charge < -0.3 is 30.0 Å². The average Bonchev–Trinajstić information content (AvgIpc) is 3.28. The first kappa shape index (κ1) is 31.4. The van der Waals surface area contributed by atoms with Crippen molar-refractivity contribution in [1.29, 1.82) is 0 Å². The minimum Gasteiger partial charge on any atom is -0.550 e. The van der Waals surface area contributed by atoms with E-state index >= 15 is 0 Å². The van der Waals surface area contributed by atoms with Crippen molar-refractivity contribution in [3.63, 3.8) is 0 Å². The molecule has 0 bridgehead atoms. The van der Waals surface area contributed by atoms with Gasteiger partial charge in [-0.3, -0.25) is 0 Å². The number of nitrogens with zero attached hydrogens (tertiary/aromatic N) is 4.